The van der Waals surface area contributed by atoms with Gasteiger partial charge in [0.1, 0.15) is 6.04 Å². The van der Waals surface area contributed by atoms with Crippen LogP contribution in [0.4, 0.5) is 0 Å². The van der Waals surface area contributed by atoms with Gasteiger partial charge in [-0.15, -0.1) is 0 Å². The number of amides is 2. The van der Waals surface area contributed by atoms with E-state index in [2.05, 4.69) is 16.3 Å². The molecule has 0 saturated heterocycles. The number of carbonyl (C=O) groups excluding carboxylic acids is 2. The van der Waals surface area contributed by atoms with Crippen molar-refractivity contribution in [3.05, 3.63) is 59.2 Å². The fourth-order valence-electron chi connectivity index (χ4n) is 5.33. The molecule has 2 aromatic carbocycles. The van der Waals surface area contributed by atoms with Gasteiger partial charge in [0.05, 0.1) is 0 Å². The molecule has 206 valence electrons. The van der Waals surface area contributed by atoms with Crippen LogP contribution in [-0.4, -0.2) is 58.4 Å². The molecule has 0 spiro atoms. The van der Waals surface area contributed by atoms with Crippen LogP contribution in [0, 0.1) is 6.92 Å². The zero-order chi connectivity index (χ0) is 27.5. The molecule has 7 heteroatoms. The Labute approximate surface area is 231 Å². The van der Waals surface area contributed by atoms with Gasteiger partial charge < -0.3 is 15.3 Å². The van der Waals surface area contributed by atoms with Gasteiger partial charge in [-0.3, -0.25) is 9.59 Å². The lowest BCUT2D eigenvalue weighted by Gasteiger charge is -2.34. The summed E-state index contributed by atoms with van der Waals surface area (Å²) in [6, 6.07) is 13.2. The Bertz CT molecular complexity index is 1100. The predicted octanol–water partition coefficient (Wildman–Crippen LogP) is 6.10. The number of carboxylic acid groups (broad SMARTS) is 1. The van der Waals surface area contributed by atoms with Crippen LogP contribution in [0.15, 0.2) is 42.5 Å². The number of nitrogens with one attached hydrogen (secondary N) is 1. The zero-order valence-electron chi connectivity index (χ0n) is 23.0. The number of rotatable bonds is 13. The molecule has 2 amide bonds. The third-order valence-corrected chi connectivity index (χ3v) is 8.12. The first-order valence-corrected chi connectivity index (χ1v) is 15.3. The summed E-state index contributed by atoms with van der Waals surface area (Å²) in [6.07, 6.45) is 10.3. The summed E-state index contributed by atoms with van der Waals surface area (Å²) in [6.45, 7) is 4.70. The van der Waals surface area contributed by atoms with Crippen LogP contribution in [-0.2, 0) is 16.0 Å². The number of carboxylic acids is 1. The van der Waals surface area contributed by atoms with E-state index in [-0.39, 0.29) is 11.8 Å². The second-order valence-electron chi connectivity index (χ2n) is 10.2. The van der Waals surface area contributed by atoms with E-state index in [1.54, 1.807) is 11.8 Å². The minimum absolute atomic E-state index is 0.235. The van der Waals surface area contributed by atoms with E-state index >= 15 is 0 Å². The van der Waals surface area contributed by atoms with Crippen molar-refractivity contribution < 1.29 is 19.5 Å². The molecule has 2 N–H and O–H groups in total. The van der Waals surface area contributed by atoms with E-state index in [0.29, 0.717) is 30.2 Å². The molecule has 38 heavy (non-hydrogen) atoms. The molecule has 0 radical (unpaired) electrons. The van der Waals surface area contributed by atoms with Gasteiger partial charge in [0.25, 0.3) is 5.91 Å². The Hall–Kier alpha value is -2.80. The summed E-state index contributed by atoms with van der Waals surface area (Å²) >= 11 is 1.56. The summed E-state index contributed by atoms with van der Waals surface area (Å²) < 4.78 is 0. The number of aliphatic carboxylic acids is 1. The zero-order valence-corrected chi connectivity index (χ0v) is 23.8. The molecule has 1 aliphatic rings. The highest BCUT2D eigenvalue weighted by atomic mass is 32.2. The number of aryl methyl sites for hydroxylation is 2. The van der Waals surface area contributed by atoms with E-state index in [4.69, 9.17) is 0 Å². The highest BCUT2D eigenvalue weighted by molar-refractivity contribution is 7.98. The minimum Gasteiger partial charge on any atom is -0.480 e. The van der Waals surface area contributed by atoms with Crippen molar-refractivity contribution in [1.29, 1.82) is 0 Å². The second-order valence-corrected chi connectivity index (χ2v) is 11.2. The van der Waals surface area contributed by atoms with Crippen LogP contribution >= 0.6 is 11.8 Å². The van der Waals surface area contributed by atoms with Crippen molar-refractivity contribution >= 4 is 29.5 Å². The average Bonchev–Trinajstić information content (AvgIpc) is 2.93. The normalized spacial score (nSPS) is 14.6. The van der Waals surface area contributed by atoms with Gasteiger partial charge in [0, 0.05) is 24.6 Å². The van der Waals surface area contributed by atoms with Crippen molar-refractivity contribution in [3.8, 4) is 11.1 Å². The van der Waals surface area contributed by atoms with Gasteiger partial charge in [-0.05, 0) is 79.4 Å². The molecule has 3 rings (SSSR count). The summed E-state index contributed by atoms with van der Waals surface area (Å²) in [5, 5.41) is 12.3. The molecule has 1 unspecified atom stereocenters. The van der Waals surface area contributed by atoms with E-state index < -0.39 is 12.0 Å². The topological polar surface area (TPSA) is 86.7 Å². The van der Waals surface area contributed by atoms with Gasteiger partial charge in [0.2, 0.25) is 5.91 Å². The van der Waals surface area contributed by atoms with Gasteiger partial charge in [0.15, 0.2) is 0 Å². The molecule has 2 aromatic rings. The van der Waals surface area contributed by atoms with Gasteiger partial charge in [-0.25, -0.2) is 4.79 Å². The maximum absolute atomic E-state index is 13.3. The van der Waals surface area contributed by atoms with Gasteiger partial charge in [-0.2, -0.15) is 11.8 Å². The molecule has 1 aliphatic carbocycles. The van der Waals surface area contributed by atoms with E-state index in [0.717, 1.165) is 54.5 Å². The number of carbonyl (C=O) groups is 3. The van der Waals surface area contributed by atoms with Crippen LogP contribution in [0.5, 0.6) is 0 Å². The number of nitrogens with zero attached hydrogens (tertiary/aromatic N) is 1. The molecule has 6 nitrogen and oxygen atoms in total. The highest BCUT2D eigenvalue weighted by Crippen LogP contribution is 2.29. The molecule has 0 aromatic heterocycles. The Morgan fingerprint density at radius 2 is 1.82 bits per heavy atom. The fourth-order valence-corrected chi connectivity index (χ4v) is 5.80. The molecule has 1 fully saturated rings. The highest BCUT2D eigenvalue weighted by Gasteiger charge is 2.25. The molecule has 0 bridgehead atoms. The third-order valence-electron chi connectivity index (χ3n) is 7.48. The van der Waals surface area contributed by atoms with Crippen molar-refractivity contribution in [2.75, 3.05) is 18.6 Å². The quantitative estimate of drug-likeness (QED) is 0.322. The van der Waals surface area contributed by atoms with E-state index in [1.807, 2.05) is 56.5 Å². The molecule has 1 atom stereocenters. The molecule has 0 heterocycles. The van der Waals surface area contributed by atoms with Crippen LogP contribution in [0.1, 0.15) is 79.8 Å². The standard InChI is InChI=1S/C31H42N2O4S/c1-4-29(34)33(24-13-6-5-7-14-24)19-10-12-23-16-17-26(27(21-23)25-15-9-8-11-22(25)2)30(35)32-28(31(36)37)18-20-38-3/h8-9,11,15-17,21,24,28H,4-7,10,12-14,18-20H2,1-3H3,(H,32,35)(H,36,37). The molecular weight excluding hydrogens is 496 g/mol. The molecular formula is C31H42N2O4S. The van der Waals surface area contributed by atoms with Crippen molar-refractivity contribution in [1.82, 2.24) is 10.2 Å². The molecule has 1 saturated carbocycles. The summed E-state index contributed by atoms with van der Waals surface area (Å²) in [7, 11) is 0. The Kier molecular flexibility index (Phi) is 11.7. The van der Waals surface area contributed by atoms with E-state index in [1.165, 1.54) is 19.3 Å². The lowest BCUT2D eigenvalue weighted by Crippen LogP contribution is -2.41. The van der Waals surface area contributed by atoms with Gasteiger partial charge in [-0.1, -0.05) is 62.6 Å². The Morgan fingerprint density at radius 1 is 1.08 bits per heavy atom. The average molecular weight is 539 g/mol. The second kappa shape index (κ2) is 15.0. The first-order valence-electron chi connectivity index (χ1n) is 13.9. The number of benzene rings is 2. The third kappa shape index (κ3) is 8.10. The fraction of sp³-hybridized carbons (Fsp3) is 0.516. The van der Waals surface area contributed by atoms with Gasteiger partial charge >= 0.3 is 5.97 Å². The first-order chi connectivity index (χ1) is 18.3. The van der Waals surface area contributed by atoms with E-state index in [9.17, 15) is 19.5 Å². The number of hydrogen-bond donors (Lipinski definition) is 2. The predicted molar refractivity (Wildman–Crippen MR) is 156 cm³/mol. The maximum atomic E-state index is 13.3. The number of hydrogen-bond acceptors (Lipinski definition) is 4. The lowest BCUT2D eigenvalue weighted by molar-refractivity contribution is -0.139. The minimum atomic E-state index is -1.02. The van der Waals surface area contributed by atoms with Crippen LogP contribution in [0.2, 0.25) is 0 Å². The largest absolute Gasteiger partial charge is 0.480 e. The van der Waals surface area contributed by atoms with Crippen molar-refractivity contribution in [2.45, 2.75) is 83.7 Å². The first kappa shape index (κ1) is 29.8. The lowest BCUT2D eigenvalue weighted by atomic mass is 9.92. The van der Waals surface area contributed by atoms with Crippen LogP contribution in [0.3, 0.4) is 0 Å². The SMILES string of the molecule is CCC(=O)N(CCCc1ccc(C(=O)NC(CCSC)C(=O)O)c(-c2ccccc2C)c1)C1CCCCC1. The summed E-state index contributed by atoms with van der Waals surface area (Å²) in [5.41, 5.74) is 4.39. The monoisotopic (exact) mass is 538 g/mol. The van der Waals surface area contributed by atoms with Crippen LogP contribution in [0.25, 0.3) is 11.1 Å². The van der Waals surface area contributed by atoms with Crippen molar-refractivity contribution in [3.63, 3.8) is 0 Å². The van der Waals surface area contributed by atoms with Crippen LogP contribution < -0.4 is 5.32 Å². The smallest absolute Gasteiger partial charge is 0.326 e. The molecule has 0 aliphatic heterocycles. The number of thioether (sulfide) groups is 1. The summed E-state index contributed by atoms with van der Waals surface area (Å²) in [5.74, 6) is -0.510. The Balaban J connectivity index is 1.81. The summed E-state index contributed by atoms with van der Waals surface area (Å²) in [4.78, 5) is 39.8. The Morgan fingerprint density at radius 3 is 2.47 bits per heavy atom. The maximum Gasteiger partial charge on any atom is 0.326 e. The van der Waals surface area contributed by atoms with Crippen molar-refractivity contribution in [2.24, 2.45) is 0 Å².